The molecular weight excluding hydrogens is 553 g/mol. The number of rotatable bonds is 15. The van der Waals surface area contributed by atoms with Gasteiger partial charge in [0.05, 0.1) is 11.9 Å². The van der Waals surface area contributed by atoms with Gasteiger partial charge in [0.25, 0.3) is 0 Å². The zero-order valence-electron chi connectivity index (χ0n) is 23.1. The first-order valence-corrected chi connectivity index (χ1v) is 15.1. The van der Waals surface area contributed by atoms with Gasteiger partial charge < -0.3 is 19.8 Å². The van der Waals surface area contributed by atoms with Crippen molar-refractivity contribution in [3.8, 4) is 0 Å². The highest BCUT2D eigenvalue weighted by molar-refractivity contribution is 7.99. The number of carbonyl (C=O) groups excluding carboxylic acids is 1. The van der Waals surface area contributed by atoms with E-state index in [1.54, 1.807) is 30.2 Å². The molecule has 7 nitrogen and oxygen atoms in total. The maximum Gasteiger partial charge on any atom is 0.135 e. The summed E-state index contributed by atoms with van der Waals surface area (Å²) in [6, 6.07) is 9.46. The Labute approximate surface area is 246 Å². The maximum absolute atomic E-state index is 11.8. The van der Waals surface area contributed by atoms with E-state index in [9.17, 15) is 9.90 Å². The van der Waals surface area contributed by atoms with Gasteiger partial charge >= 0.3 is 0 Å². The molecule has 0 radical (unpaired) electrons. The van der Waals surface area contributed by atoms with E-state index in [-0.39, 0.29) is 5.92 Å². The lowest BCUT2D eigenvalue weighted by molar-refractivity contribution is -0.253. The van der Waals surface area contributed by atoms with Crippen LogP contribution < -0.4 is 10.4 Å². The lowest BCUT2D eigenvalue weighted by atomic mass is 10.1. The standard InChI is InChI=1S/C29H39Cl2N5O2S/c1-5-7-13-35(14-8-6-2)25(34-29(37)38)18-26-33-27(20(3)4)28(36(26)19-21-9-11-32-12-10-21)39-24-16-22(30)15-23(31)17-24/h9-12,15-17,20,25,34H,5-8,13-14,18-19H2,1-4H3,(H,37,38)/p-1. The summed E-state index contributed by atoms with van der Waals surface area (Å²) in [5.74, 6) is 0.950. The van der Waals surface area contributed by atoms with Crippen LogP contribution in [-0.4, -0.2) is 44.8 Å². The Hall–Kier alpha value is -2.26. The first-order chi connectivity index (χ1) is 18.7. The number of hydrogen-bond acceptors (Lipinski definition) is 6. The van der Waals surface area contributed by atoms with Crippen molar-refractivity contribution >= 4 is 41.1 Å². The van der Waals surface area contributed by atoms with Crippen molar-refractivity contribution in [3.05, 3.63) is 69.9 Å². The number of benzene rings is 1. The number of halogens is 2. The molecule has 0 spiro atoms. The van der Waals surface area contributed by atoms with Crippen LogP contribution in [0.1, 0.15) is 76.4 Å². The molecule has 212 valence electrons. The number of imidazole rings is 1. The number of nitrogens with one attached hydrogen (secondary N) is 1. The average Bonchev–Trinajstić information content (AvgIpc) is 3.20. The summed E-state index contributed by atoms with van der Waals surface area (Å²) in [5, 5.41) is 16.6. The normalized spacial score (nSPS) is 12.3. The second kappa shape index (κ2) is 15.5. The highest BCUT2D eigenvalue weighted by atomic mass is 35.5. The number of pyridine rings is 1. The molecule has 3 aromatic rings. The van der Waals surface area contributed by atoms with Gasteiger partial charge in [0.2, 0.25) is 0 Å². The molecule has 0 fully saturated rings. The number of aromatic nitrogens is 3. The number of nitrogens with zero attached hydrogens (tertiary/aromatic N) is 4. The predicted molar refractivity (Wildman–Crippen MR) is 158 cm³/mol. The number of unbranched alkanes of at least 4 members (excludes halogenated alkanes) is 2. The Morgan fingerprint density at radius 2 is 1.69 bits per heavy atom. The van der Waals surface area contributed by atoms with E-state index < -0.39 is 12.3 Å². The van der Waals surface area contributed by atoms with Crippen LogP contribution in [0.4, 0.5) is 4.79 Å². The minimum absolute atomic E-state index is 0.142. The lowest BCUT2D eigenvalue weighted by Gasteiger charge is -2.33. The smallest absolute Gasteiger partial charge is 0.135 e. The van der Waals surface area contributed by atoms with E-state index in [1.165, 1.54) is 0 Å². The topological polar surface area (TPSA) is 86.1 Å². The van der Waals surface area contributed by atoms with Gasteiger partial charge in [0, 0.05) is 53.4 Å². The Kier molecular flexibility index (Phi) is 12.4. The minimum atomic E-state index is -1.28. The molecule has 1 atom stereocenters. The van der Waals surface area contributed by atoms with Gasteiger partial charge in [-0.05, 0) is 54.7 Å². The molecule has 1 aromatic carbocycles. The fourth-order valence-electron chi connectivity index (χ4n) is 4.40. The van der Waals surface area contributed by atoms with Crippen LogP contribution in [0.2, 0.25) is 10.0 Å². The molecule has 0 saturated carbocycles. The molecule has 0 aliphatic carbocycles. The van der Waals surface area contributed by atoms with Crippen LogP contribution in [0, 0.1) is 0 Å². The molecular formula is C29H38Cl2N5O2S-. The molecule has 10 heteroatoms. The fourth-order valence-corrected chi connectivity index (χ4v) is 6.32. The van der Waals surface area contributed by atoms with Crippen molar-refractivity contribution < 1.29 is 9.90 Å². The quantitative estimate of drug-likeness (QED) is 0.200. The summed E-state index contributed by atoms with van der Waals surface area (Å²) in [6.07, 6.45) is 6.23. The third-order valence-corrected chi connectivity index (χ3v) is 7.94. The summed E-state index contributed by atoms with van der Waals surface area (Å²) in [5.41, 5.74) is 2.02. The first kappa shape index (κ1) is 31.3. The highest BCUT2D eigenvalue weighted by Gasteiger charge is 2.26. The zero-order chi connectivity index (χ0) is 28.4. The van der Waals surface area contributed by atoms with E-state index in [0.29, 0.717) is 23.0 Å². The van der Waals surface area contributed by atoms with Crippen LogP contribution in [0.25, 0.3) is 0 Å². The maximum atomic E-state index is 11.8. The minimum Gasteiger partial charge on any atom is -0.530 e. The number of carbonyl (C=O) groups is 1. The molecule has 1 amide bonds. The monoisotopic (exact) mass is 590 g/mol. The number of carboxylic acid groups (broad SMARTS) is 1. The van der Waals surface area contributed by atoms with Gasteiger partial charge in [-0.25, -0.2) is 4.98 Å². The van der Waals surface area contributed by atoms with Crippen LogP contribution in [0.3, 0.4) is 0 Å². The van der Waals surface area contributed by atoms with E-state index in [2.05, 4.69) is 47.5 Å². The summed E-state index contributed by atoms with van der Waals surface area (Å²) in [6.45, 7) is 10.7. The van der Waals surface area contributed by atoms with E-state index >= 15 is 0 Å². The summed E-state index contributed by atoms with van der Waals surface area (Å²) in [7, 11) is 0. The average molecular weight is 592 g/mol. The van der Waals surface area contributed by atoms with Gasteiger partial charge in [-0.3, -0.25) is 9.88 Å². The van der Waals surface area contributed by atoms with Crippen LogP contribution in [0.15, 0.2) is 52.6 Å². The zero-order valence-corrected chi connectivity index (χ0v) is 25.5. The van der Waals surface area contributed by atoms with Crippen molar-refractivity contribution in [2.75, 3.05) is 13.1 Å². The predicted octanol–water partition coefficient (Wildman–Crippen LogP) is 6.61. The van der Waals surface area contributed by atoms with Crippen molar-refractivity contribution in [1.29, 1.82) is 0 Å². The third kappa shape index (κ3) is 9.41. The molecule has 0 saturated heterocycles. The van der Waals surface area contributed by atoms with E-state index in [0.717, 1.165) is 65.8 Å². The third-order valence-electron chi connectivity index (χ3n) is 6.41. The molecule has 0 aliphatic rings. The molecule has 0 bridgehead atoms. The first-order valence-electron chi connectivity index (χ1n) is 13.5. The molecule has 39 heavy (non-hydrogen) atoms. The fraction of sp³-hybridized carbons (Fsp3) is 0.483. The van der Waals surface area contributed by atoms with Crippen molar-refractivity contribution in [2.24, 2.45) is 0 Å². The largest absolute Gasteiger partial charge is 0.530 e. The molecule has 2 aromatic heterocycles. The molecule has 1 N–H and O–H groups in total. The SMILES string of the molecule is CCCCN(CCCC)C(Cc1nc(C(C)C)c(Sc2cc(Cl)cc(Cl)c2)n1Cc1ccncc1)NC(=O)[O-]. The van der Waals surface area contributed by atoms with Gasteiger partial charge in [0.15, 0.2) is 0 Å². The summed E-state index contributed by atoms with van der Waals surface area (Å²) in [4.78, 5) is 24.2. The second-order valence-electron chi connectivity index (χ2n) is 9.92. The van der Waals surface area contributed by atoms with Gasteiger partial charge in [-0.2, -0.15) is 0 Å². The van der Waals surface area contributed by atoms with Crippen LogP contribution in [0.5, 0.6) is 0 Å². The molecule has 2 heterocycles. The number of amides is 1. The Balaban J connectivity index is 2.10. The number of hydrogen-bond donors (Lipinski definition) is 1. The lowest BCUT2D eigenvalue weighted by Crippen LogP contribution is -2.54. The van der Waals surface area contributed by atoms with Gasteiger partial charge in [-0.15, -0.1) is 0 Å². The molecule has 1 unspecified atom stereocenters. The van der Waals surface area contributed by atoms with Gasteiger partial charge in [-0.1, -0.05) is 75.5 Å². The van der Waals surface area contributed by atoms with E-state index in [1.807, 2.05) is 24.3 Å². The second-order valence-corrected chi connectivity index (χ2v) is 11.9. The molecule has 3 rings (SSSR count). The molecule has 0 aliphatic heterocycles. The Bertz CT molecular complexity index is 1180. The Morgan fingerprint density at radius 1 is 1.08 bits per heavy atom. The van der Waals surface area contributed by atoms with Crippen molar-refractivity contribution in [2.45, 2.75) is 88.3 Å². The highest BCUT2D eigenvalue weighted by Crippen LogP contribution is 2.38. The van der Waals surface area contributed by atoms with Crippen molar-refractivity contribution in [1.82, 2.24) is 24.8 Å². The van der Waals surface area contributed by atoms with Crippen molar-refractivity contribution in [3.63, 3.8) is 0 Å². The summed E-state index contributed by atoms with van der Waals surface area (Å²) < 4.78 is 2.19. The van der Waals surface area contributed by atoms with Crippen LogP contribution >= 0.6 is 35.0 Å². The van der Waals surface area contributed by atoms with E-state index in [4.69, 9.17) is 28.2 Å². The van der Waals surface area contributed by atoms with Crippen LogP contribution in [-0.2, 0) is 13.0 Å². The van der Waals surface area contributed by atoms with Gasteiger partial charge in [0.1, 0.15) is 16.9 Å². The summed E-state index contributed by atoms with van der Waals surface area (Å²) >= 11 is 14.2. The Morgan fingerprint density at radius 3 is 2.23 bits per heavy atom.